The van der Waals surface area contributed by atoms with Crippen LogP contribution in [0.3, 0.4) is 0 Å². The van der Waals surface area contributed by atoms with E-state index in [1.165, 1.54) is 5.56 Å². The lowest BCUT2D eigenvalue weighted by molar-refractivity contribution is -0.119. The van der Waals surface area contributed by atoms with E-state index in [0.29, 0.717) is 23.3 Å². The Bertz CT molecular complexity index is 1070. The zero-order valence-corrected chi connectivity index (χ0v) is 14.7. The van der Waals surface area contributed by atoms with Gasteiger partial charge in [0.1, 0.15) is 11.0 Å². The molecule has 2 aromatic heterocycles. The average Bonchev–Trinajstić information content (AvgIpc) is 3.17. The molecule has 6 heteroatoms. The number of amides is 2. The predicted octanol–water partition coefficient (Wildman–Crippen LogP) is 3.43. The molecule has 26 heavy (non-hydrogen) atoms. The molecule has 4 rings (SSSR count). The van der Waals surface area contributed by atoms with E-state index in [4.69, 9.17) is 4.42 Å². The maximum atomic E-state index is 11.7. The molecule has 0 aliphatic carbocycles. The molecule has 1 fully saturated rings. The molecule has 3 heterocycles. The molecule has 1 atom stereocenters. The van der Waals surface area contributed by atoms with Crippen LogP contribution in [-0.2, 0) is 11.2 Å². The van der Waals surface area contributed by atoms with Crippen molar-refractivity contribution in [2.75, 3.05) is 0 Å². The van der Waals surface area contributed by atoms with Gasteiger partial charge in [0.25, 0.3) is 5.24 Å². The topological polar surface area (TPSA) is 72.2 Å². The van der Waals surface area contributed by atoms with Gasteiger partial charge in [-0.15, -0.1) is 0 Å². The minimum atomic E-state index is -0.460. The number of imide groups is 1. The van der Waals surface area contributed by atoms with Gasteiger partial charge in [-0.05, 0) is 25.1 Å². The Kier molecular flexibility index (Phi) is 4.23. The zero-order chi connectivity index (χ0) is 18.1. The molecule has 5 nitrogen and oxygen atoms in total. The van der Waals surface area contributed by atoms with Gasteiger partial charge in [0.2, 0.25) is 5.91 Å². The van der Waals surface area contributed by atoms with Gasteiger partial charge in [-0.25, -0.2) is 0 Å². The first-order valence-electron chi connectivity index (χ1n) is 8.05. The molecule has 1 aromatic carbocycles. The summed E-state index contributed by atoms with van der Waals surface area (Å²) in [7, 11) is 0. The van der Waals surface area contributed by atoms with E-state index >= 15 is 0 Å². The monoisotopic (exact) mass is 362 g/mol. The van der Waals surface area contributed by atoms with Crippen LogP contribution in [0.15, 0.2) is 47.1 Å². The standard InChI is InChI=1S/C20H14N2O3S/c1-12-2-4-13(5-3-12)6-7-14-10-21-11-15-8-16(25-18(14)15)9-17-19(23)22-20(24)26-17/h2-5,8,10-11,17H,9H2,1H3,(H,22,23,24). The number of carbonyl (C=O) groups is 2. The second-order valence-electron chi connectivity index (χ2n) is 6.02. The highest BCUT2D eigenvalue weighted by molar-refractivity contribution is 8.15. The Balaban J connectivity index is 1.63. The third kappa shape index (κ3) is 3.35. The summed E-state index contributed by atoms with van der Waals surface area (Å²) in [6.07, 6.45) is 3.71. The lowest BCUT2D eigenvalue weighted by Gasteiger charge is -2.00. The summed E-state index contributed by atoms with van der Waals surface area (Å²) in [6, 6.07) is 9.81. The highest BCUT2D eigenvalue weighted by Crippen LogP contribution is 2.27. The molecule has 1 N–H and O–H groups in total. The normalized spacial score (nSPS) is 16.4. The lowest BCUT2D eigenvalue weighted by atomic mass is 10.1. The van der Waals surface area contributed by atoms with Gasteiger partial charge in [-0.2, -0.15) is 0 Å². The summed E-state index contributed by atoms with van der Waals surface area (Å²) in [5.74, 6) is 6.57. The second kappa shape index (κ2) is 6.70. The van der Waals surface area contributed by atoms with Crippen LogP contribution in [-0.4, -0.2) is 21.4 Å². The van der Waals surface area contributed by atoms with Crippen molar-refractivity contribution >= 4 is 33.9 Å². The fourth-order valence-corrected chi connectivity index (χ4v) is 3.52. The molecule has 0 saturated carbocycles. The molecule has 1 unspecified atom stereocenters. The summed E-state index contributed by atoms with van der Waals surface area (Å²) in [5.41, 5.74) is 3.43. The maximum Gasteiger partial charge on any atom is 0.286 e. The SMILES string of the molecule is Cc1ccc(C#Cc2cncc3cc(CC4SC(=O)NC4=O)oc23)cc1. The number of benzene rings is 1. The van der Waals surface area contributed by atoms with Crippen LogP contribution >= 0.6 is 11.8 Å². The maximum absolute atomic E-state index is 11.7. The zero-order valence-electron chi connectivity index (χ0n) is 13.9. The Labute approximate surface area is 154 Å². The molecular formula is C20H14N2O3S. The number of hydrogen-bond acceptors (Lipinski definition) is 5. The Morgan fingerprint density at radius 3 is 2.73 bits per heavy atom. The number of rotatable bonds is 2. The van der Waals surface area contributed by atoms with E-state index < -0.39 is 5.25 Å². The van der Waals surface area contributed by atoms with Gasteiger partial charge in [-0.3, -0.25) is 19.9 Å². The number of nitrogens with zero attached hydrogens (tertiary/aromatic N) is 1. The van der Waals surface area contributed by atoms with Crippen molar-refractivity contribution in [2.24, 2.45) is 0 Å². The largest absolute Gasteiger partial charge is 0.460 e. The smallest absolute Gasteiger partial charge is 0.286 e. The first-order chi connectivity index (χ1) is 12.6. The minimum absolute atomic E-state index is 0.280. The molecule has 128 valence electrons. The Morgan fingerprint density at radius 2 is 2.00 bits per heavy atom. The summed E-state index contributed by atoms with van der Waals surface area (Å²) in [5, 5.41) is 2.33. The van der Waals surface area contributed by atoms with Crippen LogP contribution in [0.2, 0.25) is 0 Å². The van der Waals surface area contributed by atoms with Crippen molar-refractivity contribution in [1.82, 2.24) is 10.3 Å². The van der Waals surface area contributed by atoms with Crippen molar-refractivity contribution < 1.29 is 14.0 Å². The number of thioether (sulfide) groups is 1. The van der Waals surface area contributed by atoms with E-state index in [-0.39, 0.29) is 11.1 Å². The highest BCUT2D eigenvalue weighted by Gasteiger charge is 2.32. The van der Waals surface area contributed by atoms with Crippen molar-refractivity contribution in [3.05, 3.63) is 65.2 Å². The Morgan fingerprint density at radius 1 is 1.19 bits per heavy atom. The minimum Gasteiger partial charge on any atom is -0.460 e. The molecule has 0 radical (unpaired) electrons. The number of carbonyl (C=O) groups excluding carboxylic acids is 2. The van der Waals surface area contributed by atoms with Crippen LogP contribution < -0.4 is 5.32 Å². The van der Waals surface area contributed by atoms with Crippen molar-refractivity contribution in [2.45, 2.75) is 18.6 Å². The van der Waals surface area contributed by atoms with Crippen molar-refractivity contribution in [3.63, 3.8) is 0 Å². The van der Waals surface area contributed by atoms with Gasteiger partial charge in [-0.1, -0.05) is 41.3 Å². The van der Waals surface area contributed by atoms with Crippen LogP contribution in [0, 0.1) is 18.8 Å². The predicted molar refractivity (Wildman–Crippen MR) is 99.8 cm³/mol. The number of nitrogens with one attached hydrogen (secondary N) is 1. The van der Waals surface area contributed by atoms with Crippen LogP contribution in [0.4, 0.5) is 4.79 Å². The molecule has 1 saturated heterocycles. The summed E-state index contributed by atoms with van der Waals surface area (Å²) in [6.45, 7) is 2.03. The van der Waals surface area contributed by atoms with Crippen LogP contribution in [0.1, 0.15) is 22.5 Å². The summed E-state index contributed by atoms with van der Waals surface area (Å²) >= 11 is 0.988. The number of furan rings is 1. The molecule has 1 aliphatic rings. The highest BCUT2D eigenvalue weighted by atomic mass is 32.2. The number of pyridine rings is 1. The molecule has 2 amide bonds. The van der Waals surface area contributed by atoms with E-state index in [1.54, 1.807) is 12.4 Å². The van der Waals surface area contributed by atoms with Crippen LogP contribution in [0.5, 0.6) is 0 Å². The van der Waals surface area contributed by atoms with Crippen LogP contribution in [0.25, 0.3) is 11.0 Å². The number of hydrogen-bond donors (Lipinski definition) is 1. The summed E-state index contributed by atoms with van der Waals surface area (Å²) in [4.78, 5) is 27.2. The van der Waals surface area contributed by atoms with Crippen molar-refractivity contribution in [1.29, 1.82) is 0 Å². The molecule has 1 aliphatic heterocycles. The van der Waals surface area contributed by atoms with E-state index in [0.717, 1.165) is 22.7 Å². The van der Waals surface area contributed by atoms with E-state index in [9.17, 15) is 9.59 Å². The molecule has 0 spiro atoms. The third-order valence-corrected chi connectivity index (χ3v) is 5.00. The summed E-state index contributed by atoms with van der Waals surface area (Å²) < 4.78 is 5.91. The fourth-order valence-electron chi connectivity index (χ4n) is 2.69. The van der Waals surface area contributed by atoms with E-state index in [2.05, 4.69) is 22.1 Å². The van der Waals surface area contributed by atoms with Gasteiger partial charge in [0, 0.05) is 29.8 Å². The lowest BCUT2D eigenvalue weighted by Crippen LogP contribution is -2.25. The number of fused-ring (bicyclic) bond motifs is 1. The van der Waals surface area contributed by atoms with Crippen molar-refractivity contribution in [3.8, 4) is 11.8 Å². The molecule has 3 aromatic rings. The van der Waals surface area contributed by atoms with Gasteiger partial charge in [0.05, 0.1) is 5.56 Å². The first-order valence-corrected chi connectivity index (χ1v) is 8.93. The van der Waals surface area contributed by atoms with Gasteiger partial charge in [0.15, 0.2) is 5.58 Å². The fraction of sp³-hybridized carbons (Fsp3) is 0.150. The van der Waals surface area contributed by atoms with E-state index in [1.807, 2.05) is 37.3 Å². The Hall–Kier alpha value is -3.04. The number of aromatic nitrogens is 1. The average molecular weight is 362 g/mol. The third-order valence-electron chi connectivity index (χ3n) is 4.02. The van der Waals surface area contributed by atoms with Gasteiger partial charge >= 0.3 is 0 Å². The molecule has 0 bridgehead atoms. The molecular weight excluding hydrogens is 348 g/mol. The first kappa shape index (κ1) is 16.4. The quantitative estimate of drug-likeness (QED) is 0.707. The second-order valence-corrected chi connectivity index (χ2v) is 7.20. The van der Waals surface area contributed by atoms with Gasteiger partial charge < -0.3 is 4.42 Å². The number of aryl methyl sites for hydroxylation is 1.